The van der Waals surface area contributed by atoms with Crippen LogP contribution >= 0.6 is 0 Å². The van der Waals surface area contributed by atoms with Crippen molar-refractivity contribution in [2.24, 2.45) is 0 Å². The number of carbonyl (C=O) groups excluding carboxylic acids is 1. The number of hydrogen-bond donors (Lipinski definition) is 1. The molecular formula is C15H30N2O3. The molecule has 1 saturated heterocycles. The van der Waals surface area contributed by atoms with Gasteiger partial charge in [0.15, 0.2) is 0 Å². The molecule has 5 heteroatoms. The summed E-state index contributed by atoms with van der Waals surface area (Å²) in [6.07, 6.45) is 3.18. The van der Waals surface area contributed by atoms with Gasteiger partial charge in [-0.15, -0.1) is 0 Å². The van der Waals surface area contributed by atoms with Crippen LogP contribution < -0.4 is 5.32 Å². The normalized spacial score (nSPS) is 23.4. The zero-order chi connectivity index (χ0) is 15.2. The minimum atomic E-state index is -0.429. The average Bonchev–Trinajstić information content (AvgIpc) is 2.32. The Bertz CT molecular complexity index is 302. The monoisotopic (exact) mass is 286 g/mol. The Kier molecular flexibility index (Phi) is 6.76. The van der Waals surface area contributed by atoms with Crippen LogP contribution in [-0.2, 0) is 9.47 Å². The summed E-state index contributed by atoms with van der Waals surface area (Å²) in [7, 11) is 1.78. The maximum absolute atomic E-state index is 11.8. The highest BCUT2D eigenvalue weighted by Crippen LogP contribution is 2.13. The first-order valence-corrected chi connectivity index (χ1v) is 7.57. The fourth-order valence-electron chi connectivity index (χ4n) is 2.24. The van der Waals surface area contributed by atoms with Crippen LogP contribution in [0.1, 0.15) is 47.0 Å². The van der Waals surface area contributed by atoms with Gasteiger partial charge in [0.05, 0.1) is 6.10 Å². The van der Waals surface area contributed by atoms with Crippen molar-refractivity contribution in [1.82, 2.24) is 10.2 Å². The van der Waals surface area contributed by atoms with Gasteiger partial charge in [-0.2, -0.15) is 0 Å². The van der Waals surface area contributed by atoms with Crippen molar-refractivity contribution in [3.63, 3.8) is 0 Å². The lowest BCUT2D eigenvalue weighted by Gasteiger charge is -2.28. The van der Waals surface area contributed by atoms with E-state index in [9.17, 15) is 4.79 Å². The zero-order valence-corrected chi connectivity index (χ0v) is 13.6. The summed E-state index contributed by atoms with van der Waals surface area (Å²) >= 11 is 0. The van der Waals surface area contributed by atoms with Crippen molar-refractivity contribution < 1.29 is 14.3 Å². The van der Waals surface area contributed by atoms with Gasteiger partial charge in [0.1, 0.15) is 5.60 Å². The second kappa shape index (κ2) is 7.84. The van der Waals surface area contributed by atoms with Crippen LogP contribution in [0.25, 0.3) is 0 Å². The topological polar surface area (TPSA) is 50.8 Å². The Morgan fingerprint density at radius 2 is 2.15 bits per heavy atom. The molecule has 118 valence electrons. The second-order valence-corrected chi connectivity index (χ2v) is 6.61. The molecule has 2 atom stereocenters. The molecule has 0 saturated carbocycles. The van der Waals surface area contributed by atoms with Crippen molar-refractivity contribution in [1.29, 1.82) is 0 Å². The first-order chi connectivity index (χ1) is 9.28. The predicted molar refractivity (Wildman–Crippen MR) is 79.9 cm³/mol. The number of carbonyl (C=O) groups is 1. The first kappa shape index (κ1) is 17.2. The molecule has 1 aliphatic rings. The van der Waals surface area contributed by atoms with E-state index >= 15 is 0 Å². The molecule has 0 aliphatic carbocycles. The third-order valence-corrected chi connectivity index (χ3v) is 3.29. The van der Waals surface area contributed by atoms with Crippen LogP contribution in [0.15, 0.2) is 0 Å². The molecule has 1 rings (SSSR count). The molecule has 1 amide bonds. The van der Waals surface area contributed by atoms with E-state index in [1.807, 2.05) is 20.8 Å². The summed E-state index contributed by atoms with van der Waals surface area (Å²) in [5, 5.41) is 3.54. The van der Waals surface area contributed by atoms with E-state index < -0.39 is 5.60 Å². The molecule has 0 bridgehead atoms. The van der Waals surface area contributed by atoms with Gasteiger partial charge in [-0.25, -0.2) is 4.79 Å². The number of hydrogen-bond acceptors (Lipinski definition) is 4. The van der Waals surface area contributed by atoms with E-state index in [1.54, 1.807) is 11.9 Å². The molecule has 1 N–H and O–H groups in total. The van der Waals surface area contributed by atoms with Crippen molar-refractivity contribution in [3.05, 3.63) is 0 Å². The van der Waals surface area contributed by atoms with Crippen molar-refractivity contribution in [2.75, 3.05) is 26.7 Å². The Labute approximate surface area is 123 Å². The van der Waals surface area contributed by atoms with E-state index in [2.05, 4.69) is 12.2 Å². The van der Waals surface area contributed by atoms with Crippen molar-refractivity contribution in [3.8, 4) is 0 Å². The Morgan fingerprint density at radius 3 is 2.75 bits per heavy atom. The summed E-state index contributed by atoms with van der Waals surface area (Å²) in [5.41, 5.74) is -0.429. The second-order valence-electron chi connectivity index (χ2n) is 6.61. The van der Waals surface area contributed by atoms with Crippen molar-refractivity contribution in [2.45, 2.75) is 64.7 Å². The highest BCUT2D eigenvalue weighted by Gasteiger charge is 2.20. The summed E-state index contributed by atoms with van der Waals surface area (Å²) in [4.78, 5) is 13.4. The fraction of sp³-hybridized carbons (Fsp3) is 0.933. The van der Waals surface area contributed by atoms with Gasteiger partial charge < -0.3 is 19.7 Å². The molecule has 5 nitrogen and oxygen atoms in total. The largest absolute Gasteiger partial charge is 0.444 e. The lowest BCUT2D eigenvalue weighted by Crippen LogP contribution is -2.40. The van der Waals surface area contributed by atoms with Crippen LogP contribution in [0.4, 0.5) is 4.79 Å². The maximum Gasteiger partial charge on any atom is 0.410 e. The van der Waals surface area contributed by atoms with Gasteiger partial charge in [0, 0.05) is 26.2 Å². The summed E-state index contributed by atoms with van der Waals surface area (Å²) in [5.74, 6) is 0. The van der Waals surface area contributed by atoms with Gasteiger partial charge in [-0.1, -0.05) is 0 Å². The third-order valence-electron chi connectivity index (χ3n) is 3.29. The fourth-order valence-corrected chi connectivity index (χ4v) is 2.24. The van der Waals surface area contributed by atoms with Gasteiger partial charge in [-0.3, -0.25) is 0 Å². The SMILES string of the molecule is CC1CC(NCCCN(C)C(=O)OC(C)(C)C)CCO1. The molecule has 0 radical (unpaired) electrons. The molecule has 0 aromatic heterocycles. The molecular weight excluding hydrogens is 256 g/mol. The van der Waals surface area contributed by atoms with Crippen molar-refractivity contribution >= 4 is 6.09 Å². The van der Waals surface area contributed by atoms with E-state index in [0.29, 0.717) is 18.7 Å². The molecule has 0 spiro atoms. The van der Waals surface area contributed by atoms with Crippen LogP contribution in [0.3, 0.4) is 0 Å². The Balaban J connectivity index is 2.12. The summed E-state index contributed by atoms with van der Waals surface area (Å²) < 4.78 is 10.8. The van der Waals surface area contributed by atoms with Gasteiger partial charge in [-0.05, 0) is 53.5 Å². The first-order valence-electron chi connectivity index (χ1n) is 7.57. The molecule has 1 aliphatic heterocycles. The van der Waals surface area contributed by atoms with E-state index in [-0.39, 0.29) is 6.09 Å². The number of rotatable bonds is 5. The average molecular weight is 286 g/mol. The summed E-state index contributed by atoms with van der Waals surface area (Å²) in [6, 6.07) is 0.547. The van der Waals surface area contributed by atoms with Crippen LogP contribution in [0, 0.1) is 0 Å². The number of ether oxygens (including phenoxy) is 2. The highest BCUT2D eigenvalue weighted by molar-refractivity contribution is 5.67. The standard InChI is InChI=1S/C15H30N2O3/c1-12-11-13(7-10-19-12)16-8-6-9-17(5)14(18)20-15(2,3)4/h12-13,16H,6-11H2,1-5H3. The third kappa shape index (κ3) is 7.10. The summed E-state index contributed by atoms with van der Waals surface area (Å²) in [6.45, 7) is 10.2. The molecule has 0 aromatic rings. The number of nitrogens with one attached hydrogen (secondary N) is 1. The van der Waals surface area contributed by atoms with E-state index in [4.69, 9.17) is 9.47 Å². The molecule has 20 heavy (non-hydrogen) atoms. The lowest BCUT2D eigenvalue weighted by molar-refractivity contribution is 0.0131. The lowest BCUT2D eigenvalue weighted by atomic mass is 10.0. The quantitative estimate of drug-likeness (QED) is 0.789. The molecule has 2 unspecified atom stereocenters. The highest BCUT2D eigenvalue weighted by atomic mass is 16.6. The van der Waals surface area contributed by atoms with Gasteiger partial charge in [0.2, 0.25) is 0 Å². The molecule has 0 aromatic carbocycles. The number of nitrogens with zero attached hydrogens (tertiary/aromatic N) is 1. The smallest absolute Gasteiger partial charge is 0.410 e. The minimum Gasteiger partial charge on any atom is -0.444 e. The zero-order valence-electron chi connectivity index (χ0n) is 13.6. The van der Waals surface area contributed by atoms with E-state index in [1.165, 1.54) is 0 Å². The van der Waals surface area contributed by atoms with Crippen LogP contribution in [-0.4, -0.2) is 55.5 Å². The Morgan fingerprint density at radius 1 is 1.45 bits per heavy atom. The molecule has 1 fully saturated rings. The van der Waals surface area contributed by atoms with Crippen LogP contribution in [0.5, 0.6) is 0 Å². The Hall–Kier alpha value is -0.810. The van der Waals surface area contributed by atoms with Crippen LogP contribution in [0.2, 0.25) is 0 Å². The van der Waals surface area contributed by atoms with Gasteiger partial charge in [0.25, 0.3) is 0 Å². The number of amides is 1. The molecule has 1 heterocycles. The van der Waals surface area contributed by atoms with E-state index in [0.717, 1.165) is 32.4 Å². The minimum absolute atomic E-state index is 0.253. The van der Waals surface area contributed by atoms with Gasteiger partial charge >= 0.3 is 6.09 Å². The predicted octanol–water partition coefficient (Wildman–Crippen LogP) is 2.40. The maximum atomic E-state index is 11.8.